The van der Waals surface area contributed by atoms with Crippen molar-refractivity contribution in [2.45, 2.75) is 44.8 Å². The van der Waals surface area contributed by atoms with Crippen molar-refractivity contribution in [1.29, 1.82) is 0 Å². The summed E-state index contributed by atoms with van der Waals surface area (Å²) < 4.78 is 0.320. The number of thioether (sulfide) groups is 1. The summed E-state index contributed by atoms with van der Waals surface area (Å²) >= 11 is 2.04. The highest BCUT2D eigenvalue weighted by Crippen LogP contribution is 2.37. The summed E-state index contributed by atoms with van der Waals surface area (Å²) in [5.41, 5.74) is 3.63. The Labute approximate surface area is 119 Å². The van der Waals surface area contributed by atoms with Crippen LogP contribution < -0.4 is 16.6 Å². The second kappa shape index (κ2) is 5.96. The van der Waals surface area contributed by atoms with Crippen molar-refractivity contribution in [3.05, 3.63) is 11.4 Å². The average Bonchev–Trinajstić information content (AvgIpc) is 2.85. The van der Waals surface area contributed by atoms with Crippen molar-refractivity contribution in [2.75, 3.05) is 23.0 Å². The number of hydrazine groups is 1. The maximum atomic E-state index is 5.52. The third kappa shape index (κ3) is 3.30. The maximum absolute atomic E-state index is 5.52. The summed E-state index contributed by atoms with van der Waals surface area (Å²) in [5, 5.41) is 3.48. The summed E-state index contributed by atoms with van der Waals surface area (Å²) in [5.74, 6) is 9.19. The predicted octanol–water partition coefficient (Wildman–Crippen LogP) is 2.33. The third-order valence-electron chi connectivity index (χ3n) is 3.58. The van der Waals surface area contributed by atoms with Gasteiger partial charge in [-0.15, -0.1) is 0 Å². The zero-order valence-electron chi connectivity index (χ0n) is 11.9. The van der Waals surface area contributed by atoms with Gasteiger partial charge in [-0.05, 0) is 32.4 Å². The lowest BCUT2D eigenvalue weighted by Crippen LogP contribution is -2.28. The first-order valence-corrected chi connectivity index (χ1v) is 7.78. The van der Waals surface area contributed by atoms with Crippen LogP contribution in [0.2, 0.25) is 0 Å². The first-order chi connectivity index (χ1) is 9.08. The Morgan fingerprint density at radius 1 is 1.37 bits per heavy atom. The van der Waals surface area contributed by atoms with E-state index in [1.807, 2.05) is 25.6 Å². The molecular weight excluding hydrogens is 258 g/mol. The molecule has 0 bridgehead atoms. The van der Waals surface area contributed by atoms with E-state index in [0.29, 0.717) is 10.6 Å². The Bertz CT molecular complexity index is 443. The molecule has 1 aliphatic heterocycles. The van der Waals surface area contributed by atoms with Crippen molar-refractivity contribution >= 4 is 23.4 Å². The Hall–Kier alpha value is -1.01. The molecule has 0 spiro atoms. The molecule has 0 saturated carbocycles. The predicted molar refractivity (Wildman–Crippen MR) is 82.5 cm³/mol. The minimum absolute atomic E-state index is 0.320. The molecule has 4 N–H and O–H groups in total. The van der Waals surface area contributed by atoms with E-state index in [0.717, 1.165) is 30.2 Å². The molecule has 0 aliphatic carbocycles. The van der Waals surface area contributed by atoms with Crippen molar-refractivity contribution in [1.82, 2.24) is 9.97 Å². The van der Waals surface area contributed by atoms with Gasteiger partial charge in [0.05, 0.1) is 0 Å². The van der Waals surface area contributed by atoms with Crippen LogP contribution in [-0.4, -0.2) is 27.0 Å². The molecule has 1 aromatic heterocycles. The number of nitrogens with two attached hydrogens (primary N) is 1. The third-order valence-corrected chi connectivity index (χ3v) is 5.11. The number of anilines is 2. The smallest absolute Gasteiger partial charge is 0.148 e. The van der Waals surface area contributed by atoms with Crippen molar-refractivity contribution in [3.63, 3.8) is 0 Å². The quantitative estimate of drug-likeness (QED) is 0.568. The van der Waals surface area contributed by atoms with Gasteiger partial charge in [0.1, 0.15) is 17.5 Å². The normalized spacial score (nSPS) is 22.5. The van der Waals surface area contributed by atoms with Gasteiger partial charge in [0.15, 0.2) is 0 Å². The highest BCUT2D eigenvalue weighted by atomic mass is 32.2. The van der Waals surface area contributed by atoms with Crippen LogP contribution in [0.15, 0.2) is 0 Å². The Balaban J connectivity index is 2.14. The molecule has 106 valence electrons. The number of hydrogen-bond donors (Lipinski definition) is 3. The number of rotatable bonds is 5. The minimum Gasteiger partial charge on any atom is -0.368 e. The average molecular weight is 281 g/mol. The zero-order chi connectivity index (χ0) is 13.9. The van der Waals surface area contributed by atoms with Crippen LogP contribution in [0.3, 0.4) is 0 Å². The summed E-state index contributed by atoms with van der Waals surface area (Å²) in [6.45, 7) is 7.28. The first kappa shape index (κ1) is 14.4. The highest BCUT2D eigenvalue weighted by Gasteiger charge is 2.29. The molecule has 1 fully saturated rings. The molecule has 1 unspecified atom stereocenters. The molecular formula is C13H23N5S. The van der Waals surface area contributed by atoms with E-state index in [4.69, 9.17) is 5.84 Å². The first-order valence-electron chi connectivity index (χ1n) is 6.80. The van der Waals surface area contributed by atoms with Crippen LogP contribution in [0, 0.1) is 6.92 Å². The number of nitrogens with zero attached hydrogens (tertiary/aromatic N) is 2. The van der Waals surface area contributed by atoms with Gasteiger partial charge < -0.3 is 10.7 Å². The lowest BCUT2D eigenvalue weighted by Gasteiger charge is -2.24. The fourth-order valence-corrected chi connectivity index (χ4v) is 3.53. The fourth-order valence-electron chi connectivity index (χ4n) is 2.28. The van der Waals surface area contributed by atoms with E-state index >= 15 is 0 Å². The zero-order valence-corrected chi connectivity index (χ0v) is 12.7. The number of nitrogens with one attached hydrogen (secondary N) is 2. The molecule has 2 heterocycles. The standard InChI is InChI=1S/C13H23N5S/c1-4-10-16-11(9(2)12(17-10)18-14)15-8-13(3)6-5-7-19-13/h4-8,14H2,1-3H3,(H2,15,16,17,18). The van der Waals surface area contributed by atoms with Crippen molar-refractivity contribution in [3.8, 4) is 0 Å². The van der Waals surface area contributed by atoms with Crippen molar-refractivity contribution in [2.24, 2.45) is 5.84 Å². The molecule has 0 radical (unpaired) electrons. The number of aryl methyl sites for hydroxylation is 1. The van der Waals surface area contributed by atoms with Gasteiger partial charge in [-0.25, -0.2) is 15.8 Å². The second-order valence-electron chi connectivity index (χ2n) is 5.22. The van der Waals surface area contributed by atoms with Crippen molar-refractivity contribution < 1.29 is 0 Å². The Morgan fingerprint density at radius 3 is 2.68 bits per heavy atom. The number of nitrogen functional groups attached to an aromatic ring is 1. The van der Waals surface area contributed by atoms with Gasteiger partial charge in [-0.1, -0.05) is 6.92 Å². The van der Waals surface area contributed by atoms with Gasteiger partial charge in [0.25, 0.3) is 0 Å². The molecule has 19 heavy (non-hydrogen) atoms. The molecule has 0 amide bonds. The van der Waals surface area contributed by atoms with Crippen LogP contribution in [0.25, 0.3) is 0 Å². The summed E-state index contributed by atoms with van der Waals surface area (Å²) in [4.78, 5) is 8.94. The molecule has 6 heteroatoms. The van der Waals surface area contributed by atoms with Crippen LogP contribution in [0.4, 0.5) is 11.6 Å². The minimum atomic E-state index is 0.320. The maximum Gasteiger partial charge on any atom is 0.148 e. The summed E-state index contributed by atoms with van der Waals surface area (Å²) in [7, 11) is 0. The molecule has 1 aromatic rings. The number of hydrogen-bond acceptors (Lipinski definition) is 6. The lowest BCUT2D eigenvalue weighted by molar-refractivity contribution is 0.633. The molecule has 1 saturated heterocycles. The van der Waals surface area contributed by atoms with Gasteiger partial charge >= 0.3 is 0 Å². The summed E-state index contributed by atoms with van der Waals surface area (Å²) in [6.07, 6.45) is 3.37. The van der Waals surface area contributed by atoms with Gasteiger partial charge in [0, 0.05) is 23.3 Å². The number of aromatic nitrogens is 2. The SMILES string of the molecule is CCc1nc(NN)c(C)c(NCC2(C)CCCS2)n1. The summed E-state index contributed by atoms with van der Waals surface area (Å²) in [6, 6.07) is 0. The largest absolute Gasteiger partial charge is 0.368 e. The molecule has 1 aliphatic rings. The van der Waals surface area contributed by atoms with E-state index in [2.05, 4.69) is 27.6 Å². The van der Waals surface area contributed by atoms with Crippen LogP contribution in [-0.2, 0) is 6.42 Å². The molecule has 5 nitrogen and oxygen atoms in total. The van der Waals surface area contributed by atoms with E-state index < -0.39 is 0 Å². The van der Waals surface area contributed by atoms with E-state index in [1.165, 1.54) is 18.6 Å². The monoisotopic (exact) mass is 281 g/mol. The van der Waals surface area contributed by atoms with Crippen LogP contribution >= 0.6 is 11.8 Å². The fraction of sp³-hybridized carbons (Fsp3) is 0.692. The molecule has 2 rings (SSSR count). The van der Waals surface area contributed by atoms with Gasteiger partial charge in [-0.3, -0.25) is 0 Å². The van der Waals surface area contributed by atoms with Gasteiger partial charge in [0.2, 0.25) is 0 Å². The Kier molecular flexibility index (Phi) is 4.52. The Morgan fingerprint density at radius 2 is 2.11 bits per heavy atom. The second-order valence-corrected chi connectivity index (χ2v) is 6.90. The topological polar surface area (TPSA) is 75.9 Å². The van der Waals surface area contributed by atoms with Gasteiger partial charge in [-0.2, -0.15) is 11.8 Å². The van der Waals surface area contributed by atoms with Crippen LogP contribution in [0.5, 0.6) is 0 Å². The molecule has 0 aromatic carbocycles. The lowest BCUT2D eigenvalue weighted by atomic mass is 10.1. The van der Waals surface area contributed by atoms with Crippen LogP contribution in [0.1, 0.15) is 38.1 Å². The van der Waals surface area contributed by atoms with E-state index in [-0.39, 0.29) is 0 Å². The van der Waals surface area contributed by atoms with E-state index in [1.54, 1.807) is 0 Å². The molecule has 1 atom stereocenters. The highest BCUT2D eigenvalue weighted by molar-refractivity contribution is 8.00. The van der Waals surface area contributed by atoms with E-state index in [9.17, 15) is 0 Å².